The van der Waals surface area contributed by atoms with Crippen molar-refractivity contribution in [1.82, 2.24) is 14.5 Å². The Labute approximate surface area is 107 Å². The Bertz CT molecular complexity index is 506. The van der Waals surface area contributed by atoms with Gasteiger partial charge in [0.05, 0.1) is 6.54 Å². The van der Waals surface area contributed by atoms with Crippen LogP contribution in [0.25, 0.3) is 5.69 Å². The van der Waals surface area contributed by atoms with Crippen molar-refractivity contribution in [3.05, 3.63) is 48.5 Å². The Morgan fingerprint density at radius 2 is 2.11 bits per heavy atom. The van der Waals surface area contributed by atoms with Crippen LogP contribution in [0.1, 0.15) is 12.2 Å². The first-order valence-electron chi connectivity index (χ1n) is 6.38. The van der Waals surface area contributed by atoms with E-state index < -0.39 is 0 Å². The zero-order chi connectivity index (χ0) is 12.4. The molecule has 3 rings (SSSR count). The molecule has 0 bridgehead atoms. The minimum atomic E-state index is 0.324. The van der Waals surface area contributed by atoms with Crippen LogP contribution in [0.3, 0.4) is 0 Å². The van der Waals surface area contributed by atoms with Gasteiger partial charge in [0.25, 0.3) is 0 Å². The zero-order valence-corrected chi connectivity index (χ0v) is 10.4. The van der Waals surface area contributed by atoms with Crippen LogP contribution in [-0.2, 0) is 6.54 Å². The van der Waals surface area contributed by atoms with E-state index in [0.717, 1.165) is 37.6 Å². The molecule has 0 spiro atoms. The number of rotatable bonds is 3. The van der Waals surface area contributed by atoms with Crippen LogP contribution in [-0.4, -0.2) is 33.6 Å². The van der Waals surface area contributed by atoms with E-state index in [4.69, 9.17) is 5.73 Å². The number of likely N-dealkylation sites (tertiary alicyclic amines) is 1. The van der Waals surface area contributed by atoms with Gasteiger partial charge in [0, 0.05) is 37.2 Å². The molecule has 0 radical (unpaired) electrons. The van der Waals surface area contributed by atoms with E-state index in [-0.39, 0.29) is 0 Å². The highest BCUT2D eigenvalue weighted by atomic mass is 15.2. The summed E-state index contributed by atoms with van der Waals surface area (Å²) in [7, 11) is 0. The first-order valence-corrected chi connectivity index (χ1v) is 6.38. The molecule has 4 heteroatoms. The lowest BCUT2D eigenvalue weighted by molar-refractivity contribution is 0.316. The fourth-order valence-electron chi connectivity index (χ4n) is 2.48. The number of benzene rings is 1. The first-order chi connectivity index (χ1) is 8.83. The summed E-state index contributed by atoms with van der Waals surface area (Å²) in [6.45, 7) is 2.92. The number of para-hydroxylation sites is 1. The van der Waals surface area contributed by atoms with E-state index in [0.29, 0.717) is 6.04 Å². The molecule has 1 atom stereocenters. The average Bonchev–Trinajstić information content (AvgIpc) is 3.00. The Hall–Kier alpha value is -1.65. The third kappa shape index (κ3) is 2.30. The number of aromatic nitrogens is 2. The zero-order valence-electron chi connectivity index (χ0n) is 10.4. The van der Waals surface area contributed by atoms with Crippen LogP contribution in [0.5, 0.6) is 0 Å². The van der Waals surface area contributed by atoms with Gasteiger partial charge in [0.2, 0.25) is 0 Å². The monoisotopic (exact) mass is 242 g/mol. The molecule has 94 valence electrons. The maximum absolute atomic E-state index is 5.93. The molecule has 4 nitrogen and oxygen atoms in total. The van der Waals surface area contributed by atoms with Gasteiger partial charge in [-0.05, 0) is 18.6 Å². The first kappa shape index (κ1) is 11.4. The summed E-state index contributed by atoms with van der Waals surface area (Å²) in [4.78, 5) is 6.83. The summed E-state index contributed by atoms with van der Waals surface area (Å²) in [5, 5.41) is 0. The van der Waals surface area contributed by atoms with Gasteiger partial charge in [-0.15, -0.1) is 0 Å². The van der Waals surface area contributed by atoms with E-state index in [9.17, 15) is 0 Å². The van der Waals surface area contributed by atoms with Crippen molar-refractivity contribution >= 4 is 0 Å². The van der Waals surface area contributed by atoms with Crippen molar-refractivity contribution in [2.24, 2.45) is 5.73 Å². The van der Waals surface area contributed by atoms with E-state index in [1.165, 1.54) is 0 Å². The van der Waals surface area contributed by atoms with Gasteiger partial charge >= 0.3 is 0 Å². The number of hydrogen-bond acceptors (Lipinski definition) is 3. The third-order valence-electron chi connectivity index (χ3n) is 3.43. The number of hydrogen-bond donors (Lipinski definition) is 1. The van der Waals surface area contributed by atoms with E-state index >= 15 is 0 Å². The molecule has 1 aliphatic heterocycles. The topological polar surface area (TPSA) is 47.1 Å². The van der Waals surface area contributed by atoms with Gasteiger partial charge in [0.1, 0.15) is 5.82 Å². The van der Waals surface area contributed by atoms with Crippen LogP contribution in [0.15, 0.2) is 42.7 Å². The quantitative estimate of drug-likeness (QED) is 0.885. The van der Waals surface area contributed by atoms with Crippen molar-refractivity contribution in [1.29, 1.82) is 0 Å². The number of nitrogens with two attached hydrogens (primary N) is 1. The SMILES string of the molecule is N[C@@H]1CCN(Cc2nccn2-c2ccccc2)C1. The fourth-order valence-corrected chi connectivity index (χ4v) is 2.48. The summed E-state index contributed by atoms with van der Waals surface area (Å²) in [6.07, 6.45) is 4.96. The number of imidazole rings is 1. The fraction of sp³-hybridized carbons (Fsp3) is 0.357. The molecule has 0 amide bonds. The van der Waals surface area contributed by atoms with Crippen molar-refractivity contribution in [3.8, 4) is 5.69 Å². The van der Waals surface area contributed by atoms with Gasteiger partial charge < -0.3 is 10.3 Å². The van der Waals surface area contributed by atoms with Gasteiger partial charge in [0.15, 0.2) is 0 Å². The lowest BCUT2D eigenvalue weighted by atomic mass is 10.3. The predicted molar refractivity (Wildman–Crippen MR) is 71.4 cm³/mol. The molecule has 1 aliphatic rings. The molecule has 1 aromatic heterocycles. The molecule has 2 heterocycles. The smallest absolute Gasteiger partial charge is 0.127 e. The second kappa shape index (κ2) is 4.92. The maximum Gasteiger partial charge on any atom is 0.127 e. The van der Waals surface area contributed by atoms with Crippen molar-refractivity contribution in [2.45, 2.75) is 19.0 Å². The average molecular weight is 242 g/mol. The second-order valence-electron chi connectivity index (χ2n) is 4.83. The molecule has 0 saturated carbocycles. The molecule has 18 heavy (non-hydrogen) atoms. The van der Waals surface area contributed by atoms with Crippen LogP contribution in [0.4, 0.5) is 0 Å². The molecule has 1 saturated heterocycles. The molecule has 0 aliphatic carbocycles. The Kier molecular flexibility index (Phi) is 3.13. The molecule has 2 aromatic rings. The highest BCUT2D eigenvalue weighted by Crippen LogP contribution is 2.14. The van der Waals surface area contributed by atoms with Crippen LogP contribution >= 0.6 is 0 Å². The minimum absolute atomic E-state index is 0.324. The molecule has 2 N–H and O–H groups in total. The molecular weight excluding hydrogens is 224 g/mol. The van der Waals surface area contributed by atoms with Gasteiger partial charge in [-0.3, -0.25) is 4.90 Å². The van der Waals surface area contributed by atoms with Crippen LogP contribution < -0.4 is 5.73 Å². The molecule has 1 aromatic carbocycles. The summed E-state index contributed by atoms with van der Waals surface area (Å²) in [5.41, 5.74) is 7.10. The standard InChI is InChI=1S/C14H18N4/c15-12-6-8-17(10-12)11-14-16-7-9-18(14)13-4-2-1-3-5-13/h1-5,7,9,12H,6,8,10-11,15H2/t12-/m1/s1. The van der Waals surface area contributed by atoms with Gasteiger partial charge in [-0.1, -0.05) is 18.2 Å². The molecule has 1 fully saturated rings. The summed E-state index contributed by atoms with van der Waals surface area (Å²) in [6, 6.07) is 10.6. The van der Waals surface area contributed by atoms with Crippen LogP contribution in [0, 0.1) is 0 Å². The molecule has 0 unspecified atom stereocenters. The highest BCUT2D eigenvalue weighted by Gasteiger charge is 2.20. The normalized spacial score (nSPS) is 20.4. The predicted octanol–water partition coefficient (Wildman–Crippen LogP) is 1.41. The Morgan fingerprint density at radius 3 is 2.83 bits per heavy atom. The largest absolute Gasteiger partial charge is 0.326 e. The molecular formula is C14H18N4. The van der Waals surface area contributed by atoms with E-state index in [2.05, 4.69) is 26.6 Å². The van der Waals surface area contributed by atoms with Crippen molar-refractivity contribution in [2.75, 3.05) is 13.1 Å². The van der Waals surface area contributed by atoms with Gasteiger partial charge in [-0.25, -0.2) is 4.98 Å². The van der Waals surface area contributed by atoms with Gasteiger partial charge in [-0.2, -0.15) is 0 Å². The second-order valence-corrected chi connectivity index (χ2v) is 4.83. The summed E-state index contributed by atoms with van der Waals surface area (Å²) in [5.74, 6) is 1.08. The minimum Gasteiger partial charge on any atom is -0.326 e. The van der Waals surface area contributed by atoms with Crippen LogP contribution in [0.2, 0.25) is 0 Å². The summed E-state index contributed by atoms with van der Waals surface area (Å²) >= 11 is 0. The number of nitrogens with zero attached hydrogens (tertiary/aromatic N) is 3. The van der Waals surface area contributed by atoms with E-state index in [1.807, 2.05) is 30.6 Å². The maximum atomic E-state index is 5.93. The van der Waals surface area contributed by atoms with Crippen molar-refractivity contribution in [3.63, 3.8) is 0 Å². The van der Waals surface area contributed by atoms with Crippen molar-refractivity contribution < 1.29 is 0 Å². The summed E-state index contributed by atoms with van der Waals surface area (Å²) < 4.78 is 2.14. The lowest BCUT2D eigenvalue weighted by Gasteiger charge is -2.16. The lowest BCUT2D eigenvalue weighted by Crippen LogP contribution is -2.27. The van der Waals surface area contributed by atoms with E-state index in [1.54, 1.807) is 0 Å². The Balaban J connectivity index is 1.80. The third-order valence-corrected chi connectivity index (χ3v) is 3.43. The Morgan fingerprint density at radius 1 is 1.28 bits per heavy atom. The highest BCUT2D eigenvalue weighted by molar-refractivity contribution is 5.32.